The van der Waals surface area contributed by atoms with Crippen molar-refractivity contribution < 1.29 is 9.59 Å². The van der Waals surface area contributed by atoms with Crippen LogP contribution in [0.4, 0.5) is 0 Å². The molecule has 1 fully saturated rings. The Hall–Kier alpha value is -1.79. The number of imide groups is 1. The molecule has 1 atom stereocenters. The molecule has 1 unspecified atom stereocenters. The van der Waals surface area contributed by atoms with Gasteiger partial charge in [0.25, 0.3) is 0 Å². The highest BCUT2D eigenvalue weighted by Gasteiger charge is 2.31. The summed E-state index contributed by atoms with van der Waals surface area (Å²) in [5.74, 6) is -0.377. The van der Waals surface area contributed by atoms with E-state index in [4.69, 9.17) is 0 Å². The third-order valence-corrected chi connectivity index (χ3v) is 4.15. The van der Waals surface area contributed by atoms with E-state index in [1.54, 1.807) is 6.92 Å². The largest absolute Gasteiger partial charge is 0.298 e. The van der Waals surface area contributed by atoms with Gasteiger partial charge >= 0.3 is 0 Å². The zero-order chi connectivity index (χ0) is 13.4. The number of para-hydroxylation sites is 1. The van der Waals surface area contributed by atoms with Gasteiger partial charge in [-0.25, -0.2) is 4.98 Å². The minimum atomic E-state index is -0.313. The van der Waals surface area contributed by atoms with Crippen molar-refractivity contribution in [1.29, 1.82) is 0 Å². The van der Waals surface area contributed by atoms with Gasteiger partial charge in [0.15, 0.2) is 0 Å². The highest BCUT2D eigenvalue weighted by Crippen LogP contribution is 2.23. The Morgan fingerprint density at radius 1 is 1.42 bits per heavy atom. The van der Waals surface area contributed by atoms with E-state index < -0.39 is 0 Å². The molecule has 5 nitrogen and oxygen atoms in total. The fraction of sp³-hybridized carbons (Fsp3) is 0.308. The molecule has 1 aromatic carbocycles. The van der Waals surface area contributed by atoms with E-state index in [1.165, 1.54) is 16.2 Å². The van der Waals surface area contributed by atoms with Crippen molar-refractivity contribution in [3.63, 3.8) is 0 Å². The van der Waals surface area contributed by atoms with Crippen LogP contribution in [0, 0.1) is 0 Å². The smallest absolute Gasteiger partial charge is 0.246 e. The summed E-state index contributed by atoms with van der Waals surface area (Å²) >= 11 is 1.52. The van der Waals surface area contributed by atoms with Crippen molar-refractivity contribution in [2.75, 3.05) is 6.54 Å². The van der Waals surface area contributed by atoms with Crippen molar-refractivity contribution in [2.24, 2.45) is 0 Å². The molecule has 0 radical (unpaired) electrons. The van der Waals surface area contributed by atoms with Crippen molar-refractivity contribution in [1.82, 2.24) is 15.2 Å². The number of carbonyl (C=O) groups excluding carboxylic acids is 2. The predicted octanol–water partition coefficient (Wildman–Crippen LogP) is 1.14. The maximum absolute atomic E-state index is 12.0. The molecule has 3 rings (SSSR count). The van der Waals surface area contributed by atoms with E-state index in [0.29, 0.717) is 0 Å². The molecule has 19 heavy (non-hydrogen) atoms. The van der Waals surface area contributed by atoms with Gasteiger partial charge in [0.1, 0.15) is 5.01 Å². The Balaban J connectivity index is 1.87. The number of hydrogen-bond donors (Lipinski definition) is 1. The van der Waals surface area contributed by atoms with E-state index in [0.717, 1.165) is 15.2 Å². The summed E-state index contributed by atoms with van der Waals surface area (Å²) in [5.41, 5.74) is 0.908. The topological polar surface area (TPSA) is 62.3 Å². The molecule has 0 aliphatic carbocycles. The Morgan fingerprint density at radius 2 is 2.21 bits per heavy atom. The van der Waals surface area contributed by atoms with E-state index in [-0.39, 0.29) is 30.9 Å². The van der Waals surface area contributed by atoms with Crippen molar-refractivity contribution in [3.8, 4) is 0 Å². The lowest BCUT2D eigenvalue weighted by Crippen LogP contribution is -2.56. The summed E-state index contributed by atoms with van der Waals surface area (Å²) in [5, 5.41) is 3.65. The minimum absolute atomic E-state index is 0.185. The van der Waals surface area contributed by atoms with Crippen molar-refractivity contribution >= 4 is 33.4 Å². The first-order valence-corrected chi connectivity index (χ1v) is 6.89. The van der Waals surface area contributed by atoms with Gasteiger partial charge in [0.05, 0.1) is 29.3 Å². The first kappa shape index (κ1) is 12.3. The van der Waals surface area contributed by atoms with Crippen LogP contribution in [-0.2, 0) is 16.1 Å². The number of amides is 2. The molecular weight excluding hydrogens is 262 g/mol. The second-order valence-electron chi connectivity index (χ2n) is 4.50. The van der Waals surface area contributed by atoms with Gasteiger partial charge in [-0.05, 0) is 19.1 Å². The van der Waals surface area contributed by atoms with E-state index >= 15 is 0 Å². The number of fused-ring (bicyclic) bond motifs is 1. The fourth-order valence-electron chi connectivity index (χ4n) is 2.07. The standard InChI is InChI=1S/C13H13N3O2S/c1-8-13(18)16(12(17)6-14-8)7-11-15-9-4-2-3-5-10(9)19-11/h2-5,8,14H,6-7H2,1H3. The van der Waals surface area contributed by atoms with E-state index in [2.05, 4.69) is 10.3 Å². The van der Waals surface area contributed by atoms with Gasteiger partial charge in [0, 0.05) is 0 Å². The zero-order valence-electron chi connectivity index (χ0n) is 10.4. The second-order valence-corrected chi connectivity index (χ2v) is 5.61. The lowest BCUT2D eigenvalue weighted by atomic mass is 10.2. The average Bonchev–Trinajstić information content (AvgIpc) is 2.81. The summed E-state index contributed by atoms with van der Waals surface area (Å²) < 4.78 is 1.07. The summed E-state index contributed by atoms with van der Waals surface area (Å²) in [7, 11) is 0. The number of aromatic nitrogens is 1. The fourth-order valence-corrected chi connectivity index (χ4v) is 3.03. The molecule has 2 aromatic rings. The number of carbonyl (C=O) groups is 2. The van der Waals surface area contributed by atoms with E-state index in [9.17, 15) is 9.59 Å². The Morgan fingerprint density at radius 3 is 3.00 bits per heavy atom. The molecule has 2 heterocycles. The molecule has 1 saturated heterocycles. The van der Waals surface area contributed by atoms with E-state index in [1.807, 2.05) is 24.3 Å². The van der Waals surface area contributed by atoms with Crippen LogP contribution >= 0.6 is 11.3 Å². The number of hydrogen-bond acceptors (Lipinski definition) is 5. The summed E-state index contributed by atoms with van der Waals surface area (Å²) in [6.07, 6.45) is 0. The highest BCUT2D eigenvalue weighted by molar-refractivity contribution is 7.18. The predicted molar refractivity (Wildman–Crippen MR) is 72.6 cm³/mol. The number of nitrogens with one attached hydrogen (secondary N) is 1. The Labute approximate surface area is 114 Å². The normalized spacial score (nSPS) is 20.3. The minimum Gasteiger partial charge on any atom is -0.298 e. The van der Waals surface area contributed by atoms with Crippen LogP contribution in [0.25, 0.3) is 10.2 Å². The highest BCUT2D eigenvalue weighted by atomic mass is 32.1. The first-order chi connectivity index (χ1) is 9.15. The quantitative estimate of drug-likeness (QED) is 0.835. The van der Waals surface area contributed by atoms with Crippen LogP contribution in [-0.4, -0.2) is 34.3 Å². The van der Waals surface area contributed by atoms with Gasteiger partial charge in [-0.2, -0.15) is 0 Å². The zero-order valence-corrected chi connectivity index (χ0v) is 11.2. The first-order valence-electron chi connectivity index (χ1n) is 6.07. The molecule has 2 amide bonds. The molecule has 1 N–H and O–H groups in total. The van der Waals surface area contributed by atoms with Crippen LogP contribution in [0.2, 0.25) is 0 Å². The van der Waals surface area contributed by atoms with Crippen LogP contribution in [0.1, 0.15) is 11.9 Å². The summed E-state index contributed by atoms with van der Waals surface area (Å²) in [4.78, 5) is 29.5. The summed E-state index contributed by atoms with van der Waals surface area (Å²) in [6.45, 7) is 2.24. The second kappa shape index (κ2) is 4.71. The van der Waals surface area contributed by atoms with Crippen LogP contribution in [0.5, 0.6) is 0 Å². The number of rotatable bonds is 2. The average molecular weight is 275 g/mol. The molecule has 0 spiro atoms. The number of thiazole rings is 1. The third kappa shape index (κ3) is 2.24. The van der Waals surface area contributed by atoms with Crippen LogP contribution in [0.15, 0.2) is 24.3 Å². The van der Waals surface area contributed by atoms with Gasteiger partial charge in [-0.15, -0.1) is 11.3 Å². The molecule has 6 heteroatoms. The molecule has 1 aliphatic rings. The lowest BCUT2D eigenvalue weighted by molar-refractivity contribution is -0.149. The SMILES string of the molecule is CC1NCC(=O)N(Cc2nc3ccccc3s2)C1=O. The van der Waals surface area contributed by atoms with Crippen molar-refractivity contribution in [2.45, 2.75) is 19.5 Å². The Kier molecular flexibility index (Phi) is 3.04. The molecular formula is C13H13N3O2S. The molecule has 98 valence electrons. The molecule has 0 bridgehead atoms. The molecule has 1 aromatic heterocycles. The van der Waals surface area contributed by atoms with Crippen LogP contribution in [0.3, 0.4) is 0 Å². The Bertz CT molecular complexity index is 619. The summed E-state index contributed by atoms with van der Waals surface area (Å²) in [6, 6.07) is 7.48. The van der Waals surface area contributed by atoms with Crippen LogP contribution < -0.4 is 5.32 Å². The number of nitrogens with zero attached hydrogens (tertiary/aromatic N) is 2. The number of piperazine rings is 1. The van der Waals surface area contributed by atoms with Gasteiger partial charge < -0.3 is 0 Å². The lowest BCUT2D eigenvalue weighted by Gasteiger charge is -2.28. The van der Waals surface area contributed by atoms with Gasteiger partial charge in [-0.1, -0.05) is 12.1 Å². The van der Waals surface area contributed by atoms with Gasteiger partial charge in [-0.3, -0.25) is 19.8 Å². The third-order valence-electron chi connectivity index (χ3n) is 3.13. The van der Waals surface area contributed by atoms with Gasteiger partial charge in [0.2, 0.25) is 11.8 Å². The monoisotopic (exact) mass is 275 g/mol. The van der Waals surface area contributed by atoms with Crippen molar-refractivity contribution in [3.05, 3.63) is 29.3 Å². The maximum Gasteiger partial charge on any atom is 0.246 e. The molecule has 1 aliphatic heterocycles. The maximum atomic E-state index is 12.0. The molecule has 0 saturated carbocycles. The number of benzene rings is 1.